The van der Waals surface area contributed by atoms with Crippen LogP contribution in [0.4, 0.5) is 9.59 Å². The van der Waals surface area contributed by atoms with E-state index in [0.29, 0.717) is 32.8 Å². The average Bonchev–Trinajstić information content (AvgIpc) is 2.49. The molecule has 1 fully saturated rings. The van der Waals surface area contributed by atoms with Gasteiger partial charge in [-0.2, -0.15) is 0 Å². The molecule has 0 unspecified atom stereocenters. The summed E-state index contributed by atoms with van der Waals surface area (Å²) in [5.74, 6) is -0.0748. The Labute approximate surface area is 124 Å². The summed E-state index contributed by atoms with van der Waals surface area (Å²) in [6.07, 6.45) is -0.907. The number of hydrogen-bond acceptors (Lipinski definition) is 5. The first-order valence-corrected chi connectivity index (χ1v) is 6.98. The number of rotatable bonds is 4. The lowest BCUT2D eigenvalue weighted by molar-refractivity contribution is -0.123. The molecule has 21 heavy (non-hydrogen) atoms. The van der Waals surface area contributed by atoms with E-state index in [1.807, 2.05) is 13.8 Å². The third-order valence-corrected chi connectivity index (χ3v) is 2.94. The molecule has 1 aliphatic heterocycles. The number of carbonyl (C=O) groups excluding carboxylic acids is 3. The summed E-state index contributed by atoms with van der Waals surface area (Å²) in [6, 6.07) is 0. The first-order valence-electron chi connectivity index (χ1n) is 6.98. The Balaban J connectivity index is 2.29. The van der Waals surface area contributed by atoms with Crippen molar-refractivity contribution in [3.05, 3.63) is 0 Å². The molecule has 1 aliphatic rings. The lowest BCUT2D eigenvalue weighted by Crippen LogP contribution is -2.51. The van der Waals surface area contributed by atoms with Gasteiger partial charge in [0.15, 0.2) is 6.61 Å². The quantitative estimate of drug-likeness (QED) is 0.805. The molecule has 8 heteroatoms. The lowest BCUT2D eigenvalue weighted by atomic mass is 10.2. The standard InChI is InChI=1S/C13H23N3O5/c1-10(2)8-20-12(18)15-4-6-16(7-5-15)13(19)21-9-11(17)14-3/h10H,4-9H2,1-3H3,(H,14,17). The van der Waals surface area contributed by atoms with Gasteiger partial charge in [-0.15, -0.1) is 0 Å². The van der Waals surface area contributed by atoms with Crippen molar-refractivity contribution in [2.75, 3.05) is 46.4 Å². The molecule has 1 heterocycles. The van der Waals surface area contributed by atoms with E-state index in [0.717, 1.165) is 0 Å². The number of likely N-dealkylation sites (N-methyl/N-ethyl adjacent to an activating group) is 1. The Morgan fingerprint density at radius 1 is 1.00 bits per heavy atom. The van der Waals surface area contributed by atoms with Crippen molar-refractivity contribution in [1.29, 1.82) is 0 Å². The molecule has 3 amide bonds. The zero-order chi connectivity index (χ0) is 15.8. The van der Waals surface area contributed by atoms with Gasteiger partial charge < -0.3 is 24.6 Å². The smallest absolute Gasteiger partial charge is 0.410 e. The van der Waals surface area contributed by atoms with E-state index in [-0.39, 0.29) is 24.5 Å². The molecular formula is C13H23N3O5. The number of nitrogens with one attached hydrogen (secondary N) is 1. The van der Waals surface area contributed by atoms with Crippen LogP contribution in [0.3, 0.4) is 0 Å². The SMILES string of the molecule is CNC(=O)COC(=O)N1CCN(C(=O)OCC(C)C)CC1. The largest absolute Gasteiger partial charge is 0.449 e. The highest BCUT2D eigenvalue weighted by molar-refractivity contribution is 5.79. The zero-order valence-electron chi connectivity index (χ0n) is 12.8. The number of amides is 3. The molecule has 120 valence electrons. The van der Waals surface area contributed by atoms with Gasteiger partial charge in [0.05, 0.1) is 6.61 Å². The summed E-state index contributed by atoms with van der Waals surface area (Å²) in [6.45, 7) is 5.53. The van der Waals surface area contributed by atoms with Gasteiger partial charge in [-0.1, -0.05) is 13.8 Å². The summed E-state index contributed by atoms with van der Waals surface area (Å²) in [5.41, 5.74) is 0. The Hall–Kier alpha value is -1.99. The van der Waals surface area contributed by atoms with E-state index in [2.05, 4.69) is 5.32 Å². The molecule has 0 bridgehead atoms. The second kappa shape index (κ2) is 8.33. The number of piperazine rings is 1. The zero-order valence-corrected chi connectivity index (χ0v) is 12.8. The fourth-order valence-electron chi connectivity index (χ4n) is 1.69. The molecule has 0 aromatic carbocycles. The Morgan fingerprint density at radius 3 is 1.90 bits per heavy atom. The van der Waals surface area contributed by atoms with Crippen LogP contribution < -0.4 is 5.32 Å². The van der Waals surface area contributed by atoms with Crippen LogP contribution in [0.1, 0.15) is 13.8 Å². The normalized spacial score (nSPS) is 14.9. The van der Waals surface area contributed by atoms with Crippen molar-refractivity contribution in [2.24, 2.45) is 5.92 Å². The van der Waals surface area contributed by atoms with Crippen LogP contribution in [0, 0.1) is 5.92 Å². The molecule has 0 aromatic heterocycles. The molecule has 1 saturated heterocycles. The summed E-state index contributed by atoms with van der Waals surface area (Å²) in [7, 11) is 1.47. The van der Waals surface area contributed by atoms with Crippen molar-refractivity contribution >= 4 is 18.1 Å². The van der Waals surface area contributed by atoms with Crippen LogP contribution >= 0.6 is 0 Å². The average molecular weight is 301 g/mol. The van der Waals surface area contributed by atoms with Gasteiger partial charge in [0.1, 0.15) is 0 Å². The van der Waals surface area contributed by atoms with Gasteiger partial charge >= 0.3 is 12.2 Å². The maximum atomic E-state index is 11.7. The second-order valence-electron chi connectivity index (χ2n) is 5.17. The van der Waals surface area contributed by atoms with Gasteiger partial charge in [0.2, 0.25) is 0 Å². The van der Waals surface area contributed by atoms with E-state index in [9.17, 15) is 14.4 Å². The Morgan fingerprint density at radius 2 is 1.48 bits per heavy atom. The van der Waals surface area contributed by atoms with Crippen molar-refractivity contribution in [3.63, 3.8) is 0 Å². The highest BCUT2D eigenvalue weighted by atomic mass is 16.6. The topological polar surface area (TPSA) is 88.2 Å². The van der Waals surface area contributed by atoms with Crippen molar-refractivity contribution < 1.29 is 23.9 Å². The van der Waals surface area contributed by atoms with Crippen molar-refractivity contribution in [2.45, 2.75) is 13.8 Å². The van der Waals surface area contributed by atoms with Crippen LogP contribution in [-0.2, 0) is 14.3 Å². The summed E-state index contributed by atoms with van der Waals surface area (Å²) in [5, 5.41) is 2.36. The first kappa shape index (κ1) is 17.1. The Kier molecular flexibility index (Phi) is 6.77. The van der Waals surface area contributed by atoms with Gasteiger partial charge in [-0.25, -0.2) is 9.59 Å². The fraction of sp³-hybridized carbons (Fsp3) is 0.769. The van der Waals surface area contributed by atoms with Crippen LogP contribution in [-0.4, -0.2) is 74.3 Å². The number of ether oxygens (including phenoxy) is 2. The maximum Gasteiger partial charge on any atom is 0.410 e. The first-order chi connectivity index (χ1) is 9.93. The molecule has 0 saturated carbocycles. The Bertz CT molecular complexity index is 378. The molecule has 1 rings (SSSR count). The number of nitrogens with zero attached hydrogens (tertiary/aromatic N) is 2. The lowest BCUT2D eigenvalue weighted by Gasteiger charge is -2.33. The van der Waals surface area contributed by atoms with Crippen LogP contribution in [0.5, 0.6) is 0 Å². The van der Waals surface area contributed by atoms with E-state index >= 15 is 0 Å². The molecule has 0 aliphatic carbocycles. The van der Waals surface area contributed by atoms with Gasteiger partial charge in [0, 0.05) is 33.2 Å². The van der Waals surface area contributed by atoms with Gasteiger partial charge in [-0.05, 0) is 5.92 Å². The van der Waals surface area contributed by atoms with Crippen molar-refractivity contribution in [3.8, 4) is 0 Å². The minimum Gasteiger partial charge on any atom is -0.449 e. The van der Waals surface area contributed by atoms with Crippen LogP contribution in [0.2, 0.25) is 0 Å². The molecule has 0 spiro atoms. The highest BCUT2D eigenvalue weighted by Gasteiger charge is 2.26. The third kappa shape index (κ3) is 5.88. The molecule has 8 nitrogen and oxygen atoms in total. The number of hydrogen-bond donors (Lipinski definition) is 1. The van der Waals surface area contributed by atoms with E-state index < -0.39 is 6.09 Å². The molecule has 0 aromatic rings. The van der Waals surface area contributed by atoms with Gasteiger partial charge in [-0.3, -0.25) is 4.79 Å². The molecule has 0 atom stereocenters. The van der Waals surface area contributed by atoms with Crippen molar-refractivity contribution in [1.82, 2.24) is 15.1 Å². The molecular weight excluding hydrogens is 278 g/mol. The van der Waals surface area contributed by atoms with Crippen LogP contribution in [0.25, 0.3) is 0 Å². The third-order valence-electron chi connectivity index (χ3n) is 2.94. The highest BCUT2D eigenvalue weighted by Crippen LogP contribution is 2.06. The fourth-order valence-corrected chi connectivity index (χ4v) is 1.69. The van der Waals surface area contributed by atoms with Crippen LogP contribution in [0.15, 0.2) is 0 Å². The summed E-state index contributed by atoms with van der Waals surface area (Å²) >= 11 is 0. The molecule has 1 N–H and O–H groups in total. The predicted octanol–water partition coefficient (Wildman–Crippen LogP) is 0.279. The minimum absolute atomic E-state index is 0.287. The maximum absolute atomic E-state index is 11.7. The number of carbonyl (C=O) groups is 3. The van der Waals surface area contributed by atoms with E-state index in [1.54, 1.807) is 4.90 Å². The monoisotopic (exact) mass is 301 g/mol. The second-order valence-corrected chi connectivity index (χ2v) is 5.17. The summed E-state index contributed by atoms with van der Waals surface area (Å²) in [4.78, 5) is 37.5. The van der Waals surface area contributed by atoms with Gasteiger partial charge in [0.25, 0.3) is 5.91 Å². The molecule has 0 radical (unpaired) electrons. The predicted molar refractivity (Wildman–Crippen MR) is 74.7 cm³/mol. The van der Waals surface area contributed by atoms with E-state index in [1.165, 1.54) is 11.9 Å². The van der Waals surface area contributed by atoms with E-state index in [4.69, 9.17) is 9.47 Å². The summed E-state index contributed by atoms with van der Waals surface area (Å²) < 4.78 is 9.98. The minimum atomic E-state index is -0.547.